The fourth-order valence-electron chi connectivity index (χ4n) is 1.59. The maximum atomic E-state index is 9.74. The van der Waals surface area contributed by atoms with Gasteiger partial charge < -0.3 is 9.84 Å². The molecule has 2 nitrogen and oxygen atoms in total. The normalized spacial score (nSPS) is 11.5. The molecular formula is C13H20O2. The van der Waals surface area contributed by atoms with Crippen molar-refractivity contribution in [2.45, 2.75) is 39.7 Å². The van der Waals surface area contributed by atoms with E-state index in [0.717, 1.165) is 5.75 Å². The van der Waals surface area contributed by atoms with Crippen LogP contribution in [-0.4, -0.2) is 17.3 Å². The van der Waals surface area contributed by atoms with E-state index in [1.54, 1.807) is 0 Å². The Kier molecular flexibility index (Phi) is 3.75. The highest BCUT2D eigenvalue weighted by Gasteiger charge is 2.14. The second-order valence-electron chi connectivity index (χ2n) is 4.51. The third-order valence-corrected chi connectivity index (χ3v) is 2.25. The van der Waals surface area contributed by atoms with Crippen LogP contribution in [0.3, 0.4) is 0 Å². The lowest BCUT2D eigenvalue weighted by molar-refractivity contribution is 0.0808. The predicted molar refractivity (Wildman–Crippen MR) is 62.3 cm³/mol. The Morgan fingerprint density at radius 2 is 2.00 bits per heavy atom. The highest BCUT2D eigenvalue weighted by atomic mass is 16.5. The van der Waals surface area contributed by atoms with Gasteiger partial charge in [-0.2, -0.15) is 0 Å². The number of hydrogen-bond acceptors (Lipinski definition) is 2. The molecule has 1 rings (SSSR count). The molecule has 0 unspecified atom stereocenters. The Morgan fingerprint density at radius 1 is 1.33 bits per heavy atom. The van der Waals surface area contributed by atoms with Crippen molar-refractivity contribution >= 4 is 0 Å². The Balaban J connectivity index is 2.84. The molecule has 84 valence electrons. The summed E-state index contributed by atoms with van der Waals surface area (Å²) in [5, 5.41) is 9.74. The van der Waals surface area contributed by atoms with Gasteiger partial charge in [-0.1, -0.05) is 6.07 Å². The average Bonchev–Trinajstić information content (AvgIpc) is 2.08. The first-order valence-corrected chi connectivity index (χ1v) is 5.37. The van der Waals surface area contributed by atoms with E-state index in [9.17, 15) is 5.11 Å². The Morgan fingerprint density at radius 3 is 2.47 bits per heavy atom. The van der Waals surface area contributed by atoms with E-state index in [-0.39, 0.29) is 0 Å². The summed E-state index contributed by atoms with van der Waals surface area (Å²) in [4.78, 5) is 0. The quantitative estimate of drug-likeness (QED) is 0.824. The number of benzene rings is 1. The molecule has 2 heteroatoms. The summed E-state index contributed by atoms with van der Waals surface area (Å²) in [7, 11) is 0. The third kappa shape index (κ3) is 3.92. The number of aryl methyl sites for hydroxylation is 1. The SMILES string of the molecule is CCOc1ccc(CC(C)(C)O)c(C)c1. The van der Waals surface area contributed by atoms with Crippen LogP contribution in [0.2, 0.25) is 0 Å². The molecule has 0 amide bonds. The van der Waals surface area contributed by atoms with Crippen molar-refractivity contribution in [1.82, 2.24) is 0 Å². The van der Waals surface area contributed by atoms with Gasteiger partial charge >= 0.3 is 0 Å². The molecule has 15 heavy (non-hydrogen) atoms. The molecule has 0 aromatic heterocycles. The second kappa shape index (κ2) is 4.67. The standard InChI is InChI=1S/C13H20O2/c1-5-15-12-7-6-11(10(2)8-12)9-13(3,4)14/h6-8,14H,5,9H2,1-4H3. The van der Waals surface area contributed by atoms with E-state index in [1.165, 1.54) is 11.1 Å². The van der Waals surface area contributed by atoms with Crippen LogP contribution >= 0.6 is 0 Å². The molecule has 0 bridgehead atoms. The van der Waals surface area contributed by atoms with Gasteiger partial charge in [0.1, 0.15) is 5.75 Å². The summed E-state index contributed by atoms with van der Waals surface area (Å²) < 4.78 is 5.41. The Bertz CT molecular complexity index is 324. The first-order chi connectivity index (χ1) is 6.92. The Hall–Kier alpha value is -1.02. The number of aliphatic hydroxyl groups is 1. The van der Waals surface area contributed by atoms with Gasteiger partial charge in [0.25, 0.3) is 0 Å². The van der Waals surface area contributed by atoms with Gasteiger partial charge in [-0.3, -0.25) is 0 Å². The van der Waals surface area contributed by atoms with Gasteiger partial charge in [0.15, 0.2) is 0 Å². The molecule has 0 heterocycles. The van der Waals surface area contributed by atoms with Crippen LogP contribution in [0.1, 0.15) is 31.9 Å². The van der Waals surface area contributed by atoms with Crippen molar-refractivity contribution in [3.05, 3.63) is 29.3 Å². The molecule has 0 atom stereocenters. The van der Waals surface area contributed by atoms with E-state index in [1.807, 2.05) is 45.9 Å². The van der Waals surface area contributed by atoms with Crippen molar-refractivity contribution in [3.8, 4) is 5.75 Å². The van der Waals surface area contributed by atoms with Crippen molar-refractivity contribution in [2.24, 2.45) is 0 Å². The van der Waals surface area contributed by atoms with Crippen LogP contribution < -0.4 is 4.74 Å². The monoisotopic (exact) mass is 208 g/mol. The molecule has 1 N–H and O–H groups in total. The lowest BCUT2D eigenvalue weighted by Crippen LogP contribution is -2.22. The number of rotatable bonds is 4. The highest BCUT2D eigenvalue weighted by Crippen LogP contribution is 2.21. The summed E-state index contributed by atoms with van der Waals surface area (Å²) in [5.74, 6) is 0.898. The van der Waals surface area contributed by atoms with Gasteiger partial charge in [0.05, 0.1) is 12.2 Å². The molecule has 0 radical (unpaired) electrons. The molecular weight excluding hydrogens is 188 g/mol. The number of ether oxygens (including phenoxy) is 1. The van der Waals surface area contributed by atoms with Crippen LogP contribution in [0.15, 0.2) is 18.2 Å². The fourth-order valence-corrected chi connectivity index (χ4v) is 1.59. The molecule has 0 fully saturated rings. The van der Waals surface area contributed by atoms with Gasteiger partial charge in [-0.25, -0.2) is 0 Å². The van der Waals surface area contributed by atoms with Gasteiger partial charge in [0, 0.05) is 6.42 Å². The van der Waals surface area contributed by atoms with Crippen LogP contribution in [0, 0.1) is 6.92 Å². The van der Waals surface area contributed by atoms with Crippen LogP contribution in [0.5, 0.6) is 5.75 Å². The van der Waals surface area contributed by atoms with Crippen LogP contribution in [-0.2, 0) is 6.42 Å². The summed E-state index contributed by atoms with van der Waals surface area (Å²) >= 11 is 0. The zero-order valence-electron chi connectivity index (χ0n) is 10.0. The molecule has 1 aromatic rings. The van der Waals surface area contributed by atoms with Crippen molar-refractivity contribution in [3.63, 3.8) is 0 Å². The highest BCUT2D eigenvalue weighted by molar-refractivity contribution is 5.35. The van der Waals surface area contributed by atoms with Crippen LogP contribution in [0.4, 0.5) is 0 Å². The second-order valence-corrected chi connectivity index (χ2v) is 4.51. The summed E-state index contributed by atoms with van der Waals surface area (Å²) in [6, 6.07) is 6.00. The molecule has 0 aliphatic carbocycles. The fraction of sp³-hybridized carbons (Fsp3) is 0.538. The predicted octanol–water partition coefficient (Wildman–Crippen LogP) is 2.71. The average molecular weight is 208 g/mol. The van der Waals surface area contributed by atoms with E-state index < -0.39 is 5.60 Å². The Labute approximate surface area is 91.9 Å². The van der Waals surface area contributed by atoms with E-state index in [0.29, 0.717) is 13.0 Å². The van der Waals surface area contributed by atoms with Gasteiger partial charge in [-0.15, -0.1) is 0 Å². The maximum absolute atomic E-state index is 9.74. The molecule has 0 saturated heterocycles. The molecule has 0 aliphatic heterocycles. The lowest BCUT2D eigenvalue weighted by atomic mass is 9.95. The minimum absolute atomic E-state index is 0.655. The van der Waals surface area contributed by atoms with Crippen LogP contribution in [0.25, 0.3) is 0 Å². The summed E-state index contributed by atoms with van der Waals surface area (Å²) in [6.07, 6.45) is 0.672. The van der Waals surface area contributed by atoms with E-state index in [4.69, 9.17) is 4.74 Å². The topological polar surface area (TPSA) is 29.5 Å². The molecule has 0 spiro atoms. The minimum Gasteiger partial charge on any atom is -0.494 e. The van der Waals surface area contributed by atoms with E-state index in [2.05, 4.69) is 0 Å². The first kappa shape index (κ1) is 12.1. The zero-order valence-corrected chi connectivity index (χ0v) is 10.0. The third-order valence-electron chi connectivity index (χ3n) is 2.25. The zero-order chi connectivity index (χ0) is 11.5. The van der Waals surface area contributed by atoms with E-state index >= 15 is 0 Å². The van der Waals surface area contributed by atoms with Crippen molar-refractivity contribution in [2.75, 3.05) is 6.61 Å². The largest absolute Gasteiger partial charge is 0.494 e. The first-order valence-electron chi connectivity index (χ1n) is 5.37. The molecule has 0 aliphatic rings. The van der Waals surface area contributed by atoms with Crippen molar-refractivity contribution in [1.29, 1.82) is 0 Å². The van der Waals surface area contributed by atoms with Gasteiger partial charge in [0.2, 0.25) is 0 Å². The minimum atomic E-state index is -0.655. The molecule has 0 saturated carbocycles. The van der Waals surface area contributed by atoms with Gasteiger partial charge in [-0.05, 0) is 51.0 Å². The van der Waals surface area contributed by atoms with Crippen molar-refractivity contribution < 1.29 is 9.84 Å². The molecule has 1 aromatic carbocycles. The smallest absolute Gasteiger partial charge is 0.119 e. The number of hydrogen-bond donors (Lipinski definition) is 1. The maximum Gasteiger partial charge on any atom is 0.119 e. The lowest BCUT2D eigenvalue weighted by Gasteiger charge is -2.18. The summed E-state index contributed by atoms with van der Waals surface area (Å²) in [6.45, 7) is 8.35. The summed E-state index contributed by atoms with van der Waals surface area (Å²) in [5.41, 5.74) is 1.69.